The summed E-state index contributed by atoms with van der Waals surface area (Å²) < 4.78 is 0. The zero-order valence-electron chi connectivity index (χ0n) is 9.97. The molecule has 16 heavy (non-hydrogen) atoms. The Morgan fingerprint density at radius 2 is 2.12 bits per heavy atom. The molecule has 0 saturated carbocycles. The van der Waals surface area contributed by atoms with E-state index in [1.807, 2.05) is 32.0 Å². The first-order chi connectivity index (χ1) is 7.58. The Kier molecular flexibility index (Phi) is 2.92. The molecule has 2 rings (SSSR count). The van der Waals surface area contributed by atoms with Gasteiger partial charge in [0.1, 0.15) is 0 Å². The molecule has 1 amide bonds. The fraction of sp³-hybridized carbons (Fsp3) is 0.500. The molecule has 0 atom stereocenters. The number of carbonyl (C=O) groups excluding carboxylic acids is 1. The van der Waals surface area contributed by atoms with Gasteiger partial charge in [-0.1, -0.05) is 0 Å². The minimum absolute atomic E-state index is 0.0919. The lowest BCUT2D eigenvalue weighted by Gasteiger charge is -2.42. The number of amides is 1. The summed E-state index contributed by atoms with van der Waals surface area (Å²) in [6.07, 6.45) is 3.40. The lowest BCUT2D eigenvalue weighted by Crippen LogP contribution is -2.59. The van der Waals surface area contributed by atoms with Crippen LogP contribution in [-0.4, -0.2) is 53.9 Å². The summed E-state index contributed by atoms with van der Waals surface area (Å²) in [6.45, 7) is 3.59. The highest BCUT2D eigenvalue weighted by molar-refractivity contribution is 5.94. The fourth-order valence-electron chi connectivity index (χ4n) is 1.80. The molecular formula is C12H17N3O. The van der Waals surface area contributed by atoms with Gasteiger partial charge in [0.15, 0.2) is 0 Å². The molecule has 1 aliphatic rings. The minimum atomic E-state index is 0.0919. The maximum absolute atomic E-state index is 12.0. The van der Waals surface area contributed by atoms with Gasteiger partial charge in [-0.05, 0) is 32.6 Å². The largest absolute Gasteiger partial charge is 0.335 e. The summed E-state index contributed by atoms with van der Waals surface area (Å²) in [5, 5.41) is 0. The van der Waals surface area contributed by atoms with E-state index in [0.717, 1.165) is 18.7 Å². The van der Waals surface area contributed by atoms with Gasteiger partial charge in [0.05, 0.1) is 5.56 Å². The molecule has 2 heterocycles. The van der Waals surface area contributed by atoms with E-state index in [9.17, 15) is 4.79 Å². The fourth-order valence-corrected chi connectivity index (χ4v) is 1.80. The maximum atomic E-state index is 12.0. The van der Waals surface area contributed by atoms with Crippen LogP contribution in [0.4, 0.5) is 0 Å². The van der Waals surface area contributed by atoms with Crippen molar-refractivity contribution in [2.75, 3.05) is 27.2 Å². The van der Waals surface area contributed by atoms with Crippen molar-refractivity contribution in [1.82, 2.24) is 14.8 Å². The summed E-state index contributed by atoms with van der Waals surface area (Å²) in [4.78, 5) is 20.1. The van der Waals surface area contributed by atoms with Crippen LogP contribution in [0.15, 0.2) is 18.5 Å². The molecule has 0 N–H and O–H groups in total. The van der Waals surface area contributed by atoms with E-state index >= 15 is 0 Å². The number of rotatable bonds is 2. The van der Waals surface area contributed by atoms with Crippen LogP contribution < -0.4 is 0 Å². The van der Waals surface area contributed by atoms with Gasteiger partial charge < -0.3 is 9.80 Å². The molecule has 4 nitrogen and oxygen atoms in total. The van der Waals surface area contributed by atoms with Gasteiger partial charge in [-0.3, -0.25) is 9.78 Å². The minimum Gasteiger partial charge on any atom is -0.335 e. The molecular weight excluding hydrogens is 202 g/mol. The number of nitrogens with zero attached hydrogens (tertiary/aromatic N) is 3. The van der Waals surface area contributed by atoms with Crippen LogP contribution in [0.1, 0.15) is 15.9 Å². The van der Waals surface area contributed by atoms with Crippen molar-refractivity contribution in [2.24, 2.45) is 0 Å². The summed E-state index contributed by atoms with van der Waals surface area (Å²) >= 11 is 0. The molecule has 4 heteroatoms. The van der Waals surface area contributed by atoms with Crippen molar-refractivity contribution in [3.63, 3.8) is 0 Å². The van der Waals surface area contributed by atoms with E-state index in [4.69, 9.17) is 0 Å². The smallest absolute Gasteiger partial charge is 0.255 e. The molecule has 1 aliphatic heterocycles. The first-order valence-corrected chi connectivity index (χ1v) is 5.45. The Balaban J connectivity index is 2.00. The van der Waals surface area contributed by atoms with Crippen LogP contribution in [0, 0.1) is 6.92 Å². The topological polar surface area (TPSA) is 36.4 Å². The Labute approximate surface area is 95.9 Å². The van der Waals surface area contributed by atoms with E-state index in [2.05, 4.69) is 9.88 Å². The Bertz CT molecular complexity index is 397. The average molecular weight is 219 g/mol. The Morgan fingerprint density at radius 3 is 2.69 bits per heavy atom. The molecule has 1 aromatic heterocycles. The van der Waals surface area contributed by atoms with Crippen molar-refractivity contribution in [1.29, 1.82) is 0 Å². The first kappa shape index (κ1) is 11.1. The van der Waals surface area contributed by atoms with E-state index in [-0.39, 0.29) is 5.91 Å². The molecule has 0 aliphatic carbocycles. The molecule has 0 bridgehead atoms. The standard InChI is InChI=1S/C12H17N3O/c1-9-4-10(6-13-5-9)12(16)15-7-11(8-15)14(2)3/h4-6,11H,7-8H2,1-3H3. The SMILES string of the molecule is Cc1cncc(C(=O)N2CC(N(C)C)C2)c1. The number of carbonyl (C=O) groups is 1. The number of aryl methyl sites for hydroxylation is 1. The number of pyridine rings is 1. The van der Waals surface area contributed by atoms with E-state index < -0.39 is 0 Å². The normalized spacial score (nSPS) is 16.4. The molecule has 1 fully saturated rings. The van der Waals surface area contributed by atoms with Crippen molar-refractivity contribution in [2.45, 2.75) is 13.0 Å². The molecule has 0 unspecified atom stereocenters. The lowest BCUT2D eigenvalue weighted by molar-refractivity contribution is 0.0399. The van der Waals surface area contributed by atoms with Crippen molar-refractivity contribution < 1.29 is 4.79 Å². The van der Waals surface area contributed by atoms with E-state index in [1.54, 1.807) is 12.4 Å². The molecule has 0 spiro atoms. The maximum Gasteiger partial charge on any atom is 0.255 e. The number of likely N-dealkylation sites (tertiary alicyclic amines) is 1. The van der Waals surface area contributed by atoms with Gasteiger partial charge >= 0.3 is 0 Å². The van der Waals surface area contributed by atoms with E-state index in [0.29, 0.717) is 11.6 Å². The van der Waals surface area contributed by atoms with Crippen LogP contribution in [0.5, 0.6) is 0 Å². The van der Waals surface area contributed by atoms with Crippen LogP contribution in [-0.2, 0) is 0 Å². The summed E-state index contributed by atoms with van der Waals surface area (Å²) in [7, 11) is 4.08. The average Bonchev–Trinajstić information content (AvgIpc) is 2.14. The van der Waals surface area contributed by atoms with Gasteiger partial charge in [-0.25, -0.2) is 0 Å². The Hall–Kier alpha value is -1.42. The summed E-state index contributed by atoms with van der Waals surface area (Å²) in [5.74, 6) is 0.0919. The summed E-state index contributed by atoms with van der Waals surface area (Å²) in [5.41, 5.74) is 1.72. The van der Waals surface area contributed by atoms with Gasteiger partial charge in [0.25, 0.3) is 5.91 Å². The van der Waals surface area contributed by atoms with Gasteiger partial charge in [0, 0.05) is 31.5 Å². The second-order valence-corrected chi connectivity index (χ2v) is 4.58. The monoisotopic (exact) mass is 219 g/mol. The quantitative estimate of drug-likeness (QED) is 0.737. The third-order valence-corrected chi connectivity index (χ3v) is 3.00. The van der Waals surface area contributed by atoms with Crippen LogP contribution in [0.25, 0.3) is 0 Å². The third kappa shape index (κ3) is 2.07. The van der Waals surface area contributed by atoms with Crippen molar-refractivity contribution in [3.8, 4) is 0 Å². The number of likely N-dealkylation sites (N-methyl/N-ethyl adjacent to an activating group) is 1. The number of aromatic nitrogens is 1. The van der Waals surface area contributed by atoms with Gasteiger partial charge in [-0.15, -0.1) is 0 Å². The molecule has 1 saturated heterocycles. The Morgan fingerprint density at radius 1 is 1.44 bits per heavy atom. The van der Waals surface area contributed by atoms with E-state index in [1.165, 1.54) is 0 Å². The predicted molar refractivity (Wildman–Crippen MR) is 62.4 cm³/mol. The van der Waals surface area contributed by atoms with Crippen LogP contribution >= 0.6 is 0 Å². The van der Waals surface area contributed by atoms with Gasteiger partial charge in [0.2, 0.25) is 0 Å². The van der Waals surface area contributed by atoms with Gasteiger partial charge in [-0.2, -0.15) is 0 Å². The highest BCUT2D eigenvalue weighted by Gasteiger charge is 2.32. The third-order valence-electron chi connectivity index (χ3n) is 3.00. The molecule has 86 valence electrons. The zero-order valence-corrected chi connectivity index (χ0v) is 9.97. The van der Waals surface area contributed by atoms with Crippen LogP contribution in [0.3, 0.4) is 0 Å². The van der Waals surface area contributed by atoms with Crippen molar-refractivity contribution >= 4 is 5.91 Å². The number of hydrogen-bond donors (Lipinski definition) is 0. The predicted octanol–water partition coefficient (Wildman–Crippen LogP) is 0.776. The lowest BCUT2D eigenvalue weighted by atomic mass is 10.1. The highest BCUT2D eigenvalue weighted by atomic mass is 16.2. The van der Waals surface area contributed by atoms with Crippen LogP contribution in [0.2, 0.25) is 0 Å². The molecule has 0 radical (unpaired) electrons. The first-order valence-electron chi connectivity index (χ1n) is 5.45. The molecule has 0 aromatic carbocycles. The second kappa shape index (κ2) is 4.22. The summed E-state index contributed by atoms with van der Waals surface area (Å²) in [6, 6.07) is 2.39. The zero-order chi connectivity index (χ0) is 11.7. The highest BCUT2D eigenvalue weighted by Crippen LogP contribution is 2.16. The van der Waals surface area contributed by atoms with Crippen molar-refractivity contribution in [3.05, 3.63) is 29.6 Å². The second-order valence-electron chi connectivity index (χ2n) is 4.58. The number of hydrogen-bond acceptors (Lipinski definition) is 3. The molecule has 1 aromatic rings.